The number of hydrogen-bond donors (Lipinski definition) is 2. The summed E-state index contributed by atoms with van der Waals surface area (Å²) in [6.45, 7) is 12.1. The van der Waals surface area contributed by atoms with E-state index < -0.39 is 0 Å². The zero-order chi connectivity index (χ0) is 21.0. The first-order valence-corrected chi connectivity index (χ1v) is 12.7. The molecule has 0 aromatic heterocycles. The van der Waals surface area contributed by atoms with Gasteiger partial charge in [0.1, 0.15) is 0 Å². The first kappa shape index (κ1) is 21.9. The Hall–Kier alpha value is -0.340. The summed E-state index contributed by atoms with van der Waals surface area (Å²) in [5.74, 6) is 3.90. The van der Waals surface area contributed by atoms with Crippen LogP contribution in [0.15, 0.2) is 11.6 Å². The summed E-state index contributed by atoms with van der Waals surface area (Å²) < 4.78 is 0. The van der Waals surface area contributed by atoms with E-state index >= 15 is 0 Å². The maximum absolute atomic E-state index is 11.5. The SMILES string of the molecule is CC(C)CCC[C@@H](C)[C@H]1CC[C@H]2C3=CCC4C[C@@H](O)CC[C@]4(C)[C@H]3[C@H](O)C[C@]12C. The monoisotopic (exact) mass is 402 g/mol. The van der Waals surface area contributed by atoms with Crippen molar-refractivity contribution in [3.8, 4) is 0 Å². The van der Waals surface area contributed by atoms with Crippen LogP contribution in [-0.4, -0.2) is 22.4 Å². The molecule has 0 amide bonds. The minimum absolute atomic E-state index is 0.128. The van der Waals surface area contributed by atoms with E-state index in [1.54, 1.807) is 5.57 Å². The lowest BCUT2D eigenvalue weighted by Gasteiger charge is -2.59. The van der Waals surface area contributed by atoms with Crippen LogP contribution < -0.4 is 0 Å². The Morgan fingerprint density at radius 2 is 1.79 bits per heavy atom. The van der Waals surface area contributed by atoms with Crippen molar-refractivity contribution in [3.05, 3.63) is 11.6 Å². The molecule has 2 nitrogen and oxygen atoms in total. The van der Waals surface area contributed by atoms with Crippen LogP contribution >= 0.6 is 0 Å². The average molecular weight is 403 g/mol. The Morgan fingerprint density at radius 1 is 1.03 bits per heavy atom. The molecule has 166 valence electrons. The first-order chi connectivity index (χ1) is 13.7. The van der Waals surface area contributed by atoms with Crippen molar-refractivity contribution in [2.24, 2.45) is 46.3 Å². The number of allylic oxidation sites excluding steroid dienone is 1. The zero-order valence-corrected chi connectivity index (χ0v) is 19.7. The molecule has 3 fully saturated rings. The molecule has 2 N–H and O–H groups in total. The molecule has 0 aromatic rings. The van der Waals surface area contributed by atoms with Gasteiger partial charge in [0.2, 0.25) is 0 Å². The van der Waals surface area contributed by atoms with Crippen LogP contribution in [0.5, 0.6) is 0 Å². The third kappa shape index (κ3) is 3.65. The van der Waals surface area contributed by atoms with Gasteiger partial charge in [-0.05, 0) is 85.4 Å². The topological polar surface area (TPSA) is 40.5 Å². The highest BCUT2D eigenvalue weighted by molar-refractivity contribution is 5.29. The van der Waals surface area contributed by atoms with E-state index in [1.165, 1.54) is 32.1 Å². The minimum Gasteiger partial charge on any atom is -0.393 e. The lowest BCUT2D eigenvalue weighted by molar-refractivity contribution is -0.0995. The molecule has 3 saturated carbocycles. The number of hydrogen-bond acceptors (Lipinski definition) is 2. The van der Waals surface area contributed by atoms with E-state index in [4.69, 9.17) is 0 Å². The predicted molar refractivity (Wildman–Crippen MR) is 120 cm³/mol. The van der Waals surface area contributed by atoms with Crippen molar-refractivity contribution < 1.29 is 10.2 Å². The highest BCUT2D eigenvalue weighted by Crippen LogP contribution is 2.66. The molecule has 2 heteroatoms. The van der Waals surface area contributed by atoms with Gasteiger partial charge in [-0.25, -0.2) is 0 Å². The van der Waals surface area contributed by atoms with Gasteiger partial charge >= 0.3 is 0 Å². The predicted octanol–water partition coefficient (Wildman–Crippen LogP) is 6.36. The van der Waals surface area contributed by atoms with Crippen molar-refractivity contribution in [1.29, 1.82) is 0 Å². The number of fused-ring (bicyclic) bond motifs is 5. The maximum Gasteiger partial charge on any atom is 0.0616 e. The van der Waals surface area contributed by atoms with Crippen LogP contribution in [0, 0.1) is 46.3 Å². The van der Waals surface area contributed by atoms with E-state index in [2.05, 4.69) is 40.7 Å². The van der Waals surface area contributed by atoms with Gasteiger partial charge < -0.3 is 10.2 Å². The summed E-state index contributed by atoms with van der Waals surface area (Å²) >= 11 is 0. The highest BCUT2D eigenvalue weighted by atomic mass is 16.3. The Bertz CT molecular complexity index is 624. The van der Waals surface area contributed by atoms with Gasteiger partial charge in [-0.1, -0.05) is 65.5 Å². The van der Waals surface area contributed by atoms with E-state index in [-0.39, 0.29) is 23.0 Å². The fraction of sp³-hybridized carbons (Fsp3) is 0.926. The Kier molecular flexibility index (Phi) is 6.01. The van der Waals surface area contributed by atoms with Gasteiger partial charge in [0.05, 0.1) is 12.2 Å². The van der Waals surface area contributed by atoms with Gasteiger partial charge in [-0.3, -0.25) is 0 Å². The van der Waals surface area contributed by atoms with Gasteiger partial charge in [0.15, 0.2) is 0 Å². The largest absolute Gasteiger partial charge is 0.393 e. The van der Waals surface area contributed by atoms with Crippen molar-refractivity contribution >= 4 is 0 Å². The van der Waals surface area contributed by atoms with E-state index in [0.29, 0.717) is 17.8 Å². The standard InChI is InChI=1S/C27H46O2/c1-17(2)7-6-8-18(3)22-11-12-23-21-10-9-19-15-20(28)13-14-26(19,4)25(21)24(29)16-27(22,23)5/h10,17-20,22-25,28-29H,6-9,11-16H2,1-5H3/t18-,19?,20+,22-,23+,24-,25-,26+,27-/m1/s1. The fourth-order valence-corrected chi connectivity index (χ4v) is 8.64. The summed E-state index contributed by atoms with van der Waals surface area (Å²) in [7, 11) is 0. The third-order valence-electron chi connectivity index (χ3n) is 10.2. The molecule has 4 aliphatic carbocycles. The van der Waals surface area contributed by atoms with Gasteiger partial charge in [-0.15, -0.1) is 0 Å². The molecule has 0 heterocycles. The molecule has 0 saturated heterocycles. The third-order valence-corrected chi connectivity index (χ3v) is 10.2. The van der Waals surface area contributed by atoms with Crippen LogP contribution in [0.3, 0.4) is 0 Å². The van der Waals surface area contributed by atoms with Gasteiger partial charge in [-0.2, -0.15) is 0 Å². The molecular weight excluding hydrogens is 356 g/mol. The molecule has 4 rings (SSSR count). The zero-order valence-electron chi connectivity index (χ0n) is 19.7. The smallest absolute Gasteiger partial charge is 0.0616 e. The quantitative estimate of drug-likeness (QED) is 0.525. The van der Waals surface area contributed by atoms with Gasteiger partial charge in [0.25, 0.3) is 0 Å². The molecule has 9 atom stereocenters. The second-order valence-corrected chi connectivity index (χ2v) is 12.4. The first-order valence-electron chi connectivity index (χ1n) is 12.7. The summed E-state index contributed by atoms with van der Waals surface area (Å²) in [5.41, 5.74) is 2.08. The number of rotatable bonds is 5. The van der Waals surface area contributed by atoms with Crippen molar-refractivity contribution in [1.82, 2.24) is 0 Å². The molecule has 0 aliphatic heterocycles. The normalized spacial score (nSPS) is 47.9. The minimum atomic E-state index is -0.200. The van der Waals surface area contributed by atoms with Gasteiger partial charge in [0, 0.05) is 5.92 Å². The summed E-state index contributed by atoms with van der Waals surface area (Å²) in [6, 6.07) is 0. The van der Waals surface area contributed by atoms with Crippen molar-refractivity contribution in [2.45, 2.75) is 111 Å². The maximum atomic E-state index is 11.5. The molecule has 0 spiro atoms. The highest BCUT2D eigenvalue weighted by Gasteiger charge is 2.60. The summed E-state index contributed by atoms with van der Waals surface area (Å²) in [6.07, 6.45) is 14.0. The number of aliphatic hydroxyl groups excluding tert-OH is 2. The van der Waals surface area contributed by atoms with E-state index in [9.17, 15) is 10.2 Å². The van der Waals surface area contributed by atoms with Crippen LogP contribution in [0.2, 0.25) is 0 Å². The van der Waals surface area contributed by atoms with Crippen molar-refractivity contribution in [2.75, 3.05) is 0 Å². The fourth-order valence-electron chi connectivity index (χ4n) is 8.64. The van der Waals surface area contributed by atoms with Crippen LogP contribution in [0.1, 0.15) is 98.8 Å². The lowest BCUT2D eigenvalue weighted by atomic mass is 9.47. The van der Waals surface area contributed by atoms with Crippen LogP contribution in [-0.2, 0) is 0 Å². The van der Waals surface area contributed by atoms with Crippen LogP contribution in [0.25, 0.3) is 0 Å². The average Bonchev–Trinajstić information content (AvgIpc) is 2.98. The number of aliphatic hydroxyl groups is 2. The lowest BCUT2D eigenvalue weighted by Crippen LogP contribution is -2.55. The molecule has 1 unspecified atom stereocenters. The molecule has 29 heavy (non-hydrogen) atoms. The summed E-state index contributed by atoms with van der Waals surface area (Å²) in [4.78, 5) is 0. The molecule has 0 aromatic carbocycles. The van der Waals surface area contributed by atoms with Crippen LogP contribution in [0.4, 0.5) is 0 Å². The molecule has 0 bridgehead atoms. The van der Waals surface area contributed by atoms with E-state index in [0.717, 1.165) is 49.9 Å². The molecule has 4 aliphatic rings. The second kappa shape index (κ2) is 7.97. The van der Waals surface area contributed by atoms with Crippen molar-refractivity contribution in [3.63, 3.8) is 0 Å². The Morgan fingerprint density at radius 3 is 2.52 bits per heavy atom. The molecule has 0 radical (unpaired) electrons. The Labute approximate surface area is 179 Å². The summed E-state index contributed by atoms with van der Waals surface area (Å²) in [5, 5.41) is 21.8. The Balaban J connectivity index is 1.55. The molecular formula is C27H46O2. The second-order valence-electron chi connectivity index (χ2n) is 12.4. The van der Waals surface area contributed by atoms with E-state index in [1.807, 2.05) is 0 Å².